The van der Waals surface area contributed by atoms with Crippen LogP contribution in [0.25, 0.3) is 0 Å². The molecule has 0 atom stereocenters. The van der Waals surface area contributed by atoms with Gasteiger partial charge in [-0.25, -0.2) is 0 Å². The van der Waals surface area contributed by atoms with Gasteiger partial charge in [-0.1, -0.05) is 19.3 Å². The lowest BCUT2D eigenvalue weighted by molar-refractivity contribution is -0.114. The molecule has 1 aliphatic carbocycles. The Morgan fingerprint density at radius 2 is 2.35 bits per heavy atom. The maximum absolute atomic E-state index is 11.0. The smallest absolute Gasteiger partial charge is 0.221 e. The molecule has 0 aromatic carbocycles. The quantitative estimate of drug-likeness (QED) is 0.764. The van der Waals surface area contributed by atoms with Crippen molar-refractivity contribution in [2.45, 2.75) is 39.2 Å². The molecule has 1 fully saturated rings. The second-order valence-corrected chi connectivity index (χ2v) is 5.70. The van der Waals surface area contributed by atoms with Crippen LogP contribution >= 0.6 is 11.3 Å². The molecule has 1 heterocycles. The molecule has 1 aliphatic rings. The molecule has 0 saturated heterocycles. The Bertz CT molecular complexity index is 371. The molecule has 0 unspecified atom stereocenters. The monoisotopic (exact) mass is 252 g/mol. The third-order valence-corrected chi connectivity index (χ3v) is 4.22. The molecule has 1 aromatic rings. The molecule has 17 heavy (non-hydrogen) atoms. The number of anilines is 1. The van der Waals surface area contributed by atoms with Gasteiger partial charge in [0.05, 0.1) is 5.69 Å². The number of amides is 1. The number of nitrogens with one attached hydrogen (secondary N) is 2. The SMILES string of the molecule is CC(=O)Nc1ccsc1CNCCC1CCC1. The first-order valence-electron chi connectivity index (χ1n) is 6.30. The molecule has 2 rings (SSSR count). The van der Waals surface area contributed by atoms with E-state index in [-0.39, 0.29) is 5.91 Å². The minimum atomic E-state index is -0.000817. The van der Waals surface area contributed by atoms with Crippen LogP contribution in [0.15, 0.2) is 11.4 Å². The van der Waals surface area contributed by atoms with E-state index in [4.69, 9.17) is 0 Å². The number of hydrogen-bond acceptors (Lipinski definition) is 3. The van der Waals surface area contributed by atoms with Gasteiger partial charge < -0.3 is 10.6 Å². The lowest BCUT2D eigenvalue weighted by Gasteiger charge is -2.25. The molecule has 4 heteroatoms. The van der Waals surface area contributed by atoms with E-state index in [1.807, 2.05) is 11.4 Å². The Kier molecular flexibility index (Phi) is 4.57. The Morgan fingerprint density at radius 3 is 3.00 bits per heavy atom. The Balaban J connectivity index is 1.70. The van der Waals surface area contributed by atoms with Crippen molar-refractivity contribution < 1.29 is 4.79 Å². The molecule has 3 nitrogen and oxygen atoms in total. The van der Waals surface area contributed by atoms with Crippen LogP contribution in [0.5, 0.6) is 0 Å². The summed E-state index contributed by atoms with van der Waals surface area (Å²) in [5.41, 5.74) is 0.957. The molecular formula is C13H20N2OS. The van der Waals surface area contributed by atoms with Crippen LogP contribution in [0.2, 0.25) is 0 Å². The minimum Gasteiger partial charge on any atom is -0.325 e. The summed E-state index contributed by atoms with van der Waals surface area (Å²) in [6.45, 7) is 3.49. The van der Waals surface area contributed by atoms with Crippen molar-refractivity contribution >= 4 is 22.9 Å². The maximum Gasteiger partial charge on any atom is 0.221 e. The summed E-state index contributed by atoms with van der Waals surface area (Å²) in [4.78, 5) is 12.2. The molecule has 0 radical (unpaired) electrons. The molecular weight excluding hydrogens is 232 g/mol. The molecule has 1 amide bonds. The number of carbonyl (C=O) groups is 1. The highest BCUT2D eigenvalue weighted by atomic mass is 32.1. The van der Waals surface area contributed by atoms with Crippen LogP contribution in [-0.2, 0) is 11.3 Å². The summed E-state index contributed by atoms with van der Waals surface area (Å²) in [5, 5.41) is 8.34. The predicted molar refractivity (Wildman–Crippen MR) is 72.3 cm³/mol. The van der Waals surface area contributed by atoms with E-state index in [0.29, 0.717) is 0 Å². The third-order valence-electron chi connectivity index (χ3n) is 3.30. The van der Waals surface area contributed by atoms with Gasteiger partial charge in [0.25, 0.3) is 0 Å². The highest BCUT2D eigenvalue weighted by Crippen LogP contribution is 2.29. The topological polar surface area (TPSA) is 41.1 Å². The second-order valence-electron chi connectivity index (χ2n) is 4.70. The zero-order chi connectivity index (χ0) is 12.1. The Hall–Kier alpha value is -0.870. The van der Waals surface area contributed by atoms with E-state index in [1.54, 1.807) is 18.3 Å². The van der Waals surface area contributed by atoms with Crippen molar-refractivity contribution in [3.05, 3.63) is 16.3 Å². The first-order chi connectivity index (χ1) is 8.25. The molecule has 0 bridgehead atoms. The average Bonchev–Trinajstić information content (AvgIpc) is 2.62. The summed E-state index contributed by atoms with van der Waals surface area (Å²) in [5.74, 6) is 0.958. The van der Waals surface area contributed by atoms with Gasteiger partial charge in [-0.3, -0.25) is 4.79 Å². The zero-order valence-electron chi connectivity index (χ0n) is 10.3. The van der Waals surface area contributed by atoms with Gasteiger partial charge >= 0.3 is 0 Å². The largest absolute Gasteiger partial charge is 0.325 e. The van der Waals surface area contributed by atoms with Crippen molar-refractivity contribution in [2.75, 3.05) is 11.9 Å². The number of thiophene rings is 1. The molecule has 1 saturated carbocycles. The number of rotatable bonds is 6. The first kappa shape index (κ1) is 12.6. The molecule has 0 spiro atoms. The maximum atomic E-state index is 11.0. The van der Waals surface area contributed by atoms with Crippen LogP contribution in [0.4, 0.5) is 5.69 Å². The number of carbonyl (C=O) groups excluding carboxylic acids is 1. The van der Waals surface area contributed by atoms with Gasteiger partial charge in [-0.15, -0.1) is 11.3 Å². The van der Waals surface area contributed by atoms with Crippen LogP contribution in [0, 0.1) is 5.92 Å². The predicted octanol–water partition coefficient (Wildman–Crippen LogP) is 2.99. The summed E-state index contributed by atoms with van der Waals surface area (Å²) in [6, 6.07) is 1.97. The Morgan fingerprint density at radius 1 is 1.53 bits per heavy atom. The van der Waals surface area contributed by atoms with Gasteiger partial charge in [0, 0.05) is 18.3 Å². The van der Waals surface area contributed by atoms with Gasteiger partial charge in [0.15, 0.2) is 0 Å². The Labute approximate surface area is 107 Å². The zero-order valence-corrected chi connectivity index (χ0v) is 11.1. The van der Waals surface area contributed by atoms with E-state index in [0.717, 1.165) is 24.7 Å². The van der Waals surface area contributed by atoms with Crippen LogP contribution in [0.1, 0.15) is 37.5 Å². The number of hydrogen-bond donors (Lipinski definition) is 2. The first-order valence-corrected chi connectivity index (χ1v) is 7.18. The van der Waals surface area contributed by atoms with Crippen LogP contribution in [-0.4, -0.2) is 12.5 Å². The fourth-order valence-electron chi connectivity index (χ4n) is 2.07. The van der Waals surface area contributed by atoms with Gasteiger partial charge in [0.2, 0.25) is 5.91 Å². The summed E-state index contributed by atoms with van der Waals surface area (Å²) >= 11 is 1.69. The normalized spacial score (nSPS) is 15.6. The van der Waals surface area contributed by atoms with E-state index < -0.39 is 0 Å². The van der Waals surface area contributed by atoms with Crippen LogP contribution < -0.4 is 10.6 Å². The van der Waals surface area contributed by atoms with E-state index in [2.05, 4.69) is 10.6 Å². The lowest BCUT2D eigenvalue weighted by Crippen LogP contribution is -2.21. The van der Waals surface area contributed by atoms with Gasteiger partial charge in [0.1, 0.15) is 0 Å². The fourth-order valence-corrected chi connectivity index (χ4v) is 2.87. The minimum absolute atomic E-state index is 0.000817. The van der Waals surface area contributed by atoms with E-state index in [9.17, 15) is 4.79 Å². The van der Waals surface area contributed by atoms with E-state index >= 15 is 0 Å². The molecule has 1 aromatic heterocycles. The second kappa shape index (κ2) is 6.17. The van der Waals surface area contributed by atoms with Gasteiger partial charge in [-0.05, 0) is 30.3 Å². The van der Waals surface area contributed by atoms with E-state index in [1.165, 1.54) is 30.6 Å². The summed E-state index contributed by atoms with van der Waals surface area (Å²) in [6.07, 6.45) is 5.54. The summed E-state index contributed by atoms with van der Waals surface area (Å²) < 4.78 is 0. The average molecular weight is 252 g/mol. The lowest BCUT2D eigenvalue weighted by atomic mass is 9.83. The highest BCUT2D eigenvalue weighted by Gasteiger charge is 2.16. The van der Waals surface area contributed by atoms with Crippen molar-refractivity contribution in [1.29, 1.82) is 0 Å². The van der Waals surface area contributed by atoms with Crippen molar-refractivity contribution in [3.8, 4) is 0 Å². The molecule has 2 N–H and O–H groups in total. The summed E-state index contributed by atoms with van der Waals surface area (Å²) in [7, 11) is 0. The molecule has 0 aliphatic heterocycles. The van der Waals surface area contributed by atoms with Crippen molar-refractivity contribution in [1.82, 2.24) is 5.32 Å². The fraction of sp³-hybridized carbons (Fsp3) is 0.615. The van der Waals surface area contributed by atoms with Crippen molar-refractivity contribution in [3.63, 3.8) is 0 Å². The standard InChI is InChI=1S/C13H20N2OS/c1-10(16)15-12-6-8-17-13(12)9-14-7-5-11-3-2-4-11/h6,8,11,14H,2-5,7,9H2,1H3,(H,15,16). The third kappa shape index (κ3) is 3.82. The van der Waals surface area contributed by atoms with Gasteiger partial charge in [-0.2, -0.15) is 0 Å². The van der Waals surface area contributed by atoms with Crippen LogP contribution in [0.3, 0.4) is 0 Å². The van der Waals surface area contributed by atoms with Crippen molar-refractivity contribution in [2.24, 2.45) is 5.92 Å². The molecule has 94 valence electrons. The highest BCUT2D eigenvalue weighted by molar-refractivity contribution is 7.10.